The van der Waals surface area contributed by atoms with E-state index in [0.717, 1.165) is 16.7 Å². The minimum atomic E-state index is -1.32. The van der Waals surface area contributed by atoms with E-state index in [0.29, 0.717) is 18.7 Å². The van der Waals surface area contributed by atoms with E-state index >= 15 is 0 Å². The number of nitrogens with one attached hydrogen (secondary N) is 1. The van der Waals surface area contributed by atoms with Crippen molar-refractivity contribution in [3.63, 3.8) is 0 Å². The normalized spacial score (nSPS) is 24.7. The summed E-state index contributed by atoms with van der Waals surface area (Å²) < 4.78 is 30.5. The average molecular weight is 448 g/mol. The van der Waals surface area contributed by atoms with Crippen LogP contribution >= 0.6 is 0 Å². The Bertz CT molecular complexity index is 933. The minimum Gasteiger partial charge on any atom is -0.462 e. The van der Waals surface area contributed by atoms with Gasteiger partial charge in [-0.05, 0) is 61.2 Å². The molecule has 1 aliphatic rings. The third-order valence-corrected chi connectivity index (χ3v) is 5.56. The number of carbonyl (C=O) groups is 1. The first-order valence-electron chi connectivity index (χ1n) is 10.5. The Morgan fingerprint density at radius 3 is 2.47 bits per heavy atom. The molecular formula is C24H30FNO6. The van der Waals surface area contributed by atoms with Crippen LogP contribution in [0, 0.1) is 5.82 Å². The first-order valence-corrected chi connectivity index (χ1v) is 10.5. The quantitative estimate of drug-likeness (QED) is 0.603. The maximum Gasteiger partial charge on any atom is 0.229 e. The van der Waals surface area contributed by atoms with Gasteiger partial charge in [-0.2, -0.15) is 0 Å². The van der Waals surface area contributed by atoms with Crippen molar-refractivity contribution in [3.05, 3.63) is 53.8 Å². The molecule has 3 rings (SSSR count). The van der Waals surface area contributed by atoms with Gasteiger partial charge in [0.1, 0.15) is 29.9 Å². The molecule has 1 aliphatic heterocycles. The Morgan fingerprint density at radius 1 is 1.16 bits per heavy atom. The number of methoxy groups -OCH3 is 1. The van der Waals surface area contributed by atoms with E-state index in [1.165, 1.54) is 26.2 Å². The second kappa shape index (κ2) is 9.95. The minimum absolute atomic E-state index is 0.118. The highest BCUT2D eigenvalue weighted by molar-refractivity contribution is 5.73. The van der Waals surface area contributed by atoms with E-state index < -0.39 is 30.2 Å². The Hall–Kier alpha value is -2.52. The Labute approximate surface area is 187 Å². The molecule has 8 heteroatoms. The van der Waals surface area contributed by atoms with E-state index in [9.17, 15) is 19.4 Å². The van der Waals surface area contributed by atoms with Crippen molar-refractivity contribution in [1.82, 2.24) is 5.32 Å². The lowest BCUT2D eigenvalue weighted by molar-refractivity contribution is -0.305. The standard InChI is InChI=1S/C24H30FNO6/c1-14(27)26-12-11-16-7-10-18(13-19(16)15-5-8-17(25)9-6-15)31-23-21(29)20(28)22(30-4)24(2,3)32-23/h5-10,13,20-23,28-29H,11-12H2,1-4H3,(H,26,27)/t20-,21+,22+,23+/m0/s1. The molecule has 2 aromatic rings. The Morgan fingerprint density at radius 2 is 1.84 bits per heavy atom. The van der Waals surface area contributed by atoms with Crippen LogP contribution in [-0.4, -0.2) is 60.0 Å². The van der Waals surface area contributed by atoms with Gasteiger partial charge in [-0.3, -0.25) is 4.79 Å². The maximum atomic E-state index is 13.4. The molecule has 174 valence electrons. The molecule has 1 saturated heterocycles. The Balaban J connectivity index is 1.88. The fourth-order valence-electron chi connectivity index (χ4n) is 3.96. The van der Waals surface area contributed by atoms with Gasteiger partial charge >= 0.3 is 0 Å². The SMILES string of the molecule is CO[C@@H]1[C@@H](O)[C@@H](O)[C@H](Oc2ccc(CCNC(C)=O)c(-c3ccc(F)cc3)c2)OC1(C)C. The predicted octanol–water partition coefficient (Wildman–Crippen LogP) is 2.42. The van der Waals surface area contributed by atoms with E-state index in [1.807, 2.05) is 6.07 Å². The molecule has 0 aliphatic carbocycles. The second-order valence-electron chi connectivity index (χ2n) is 8.40. The van der Waals surface area contributed by atoms with Gasteiger partial charge in [0.25, 0.3) is 0 Å². The van der Waals surface area contributed by atoms with Gasteiger partial charge in [-0.15, -0.1) is 0 Å². The number of hydrogen-bond acceptors (Lipinski definition) is 6. The molecule has 7 nitrogen and oxygen atoms in total. The number of halogens is 1. The summed E-state index contributed by atoms with van der Waals surface area (Å²) in [5.41, 5.74) is 1.62. The van der Waals surface area contributed by atoms with Crippen molar-refractivity contribution in [3.8, 4) is 16.9 Å². The lowest BCUT2D eigenvalue weighted by Crippen LogP contribution is -2.63. The fraction of sp³-hybridized carbons (Fsp3) is 0.458. The van der Waals surface area contributed by atoms with Crippen molar-refractivity contribution in [2.45, 2.75) is 57.4 Å². The summed E-state index contributed by atoms with van der Waals surface area (Å²) in [5.74, 6) is -0.0497. The molecular weight excluding hydrogens is 417 g/mol. The summed E-state index contributed by atoms with van der Waals surface area (Å²) in [6, 6.07) is 11.4. The van der Waals surface area contributed by atoms with E-state index in [1.54, 1.807) is 38.1 Å². The maximum absolute atomic E-state index is 13.4. The van der Waals surface area contributed by atoms with Crippen LogP contribution in [0.5, 0.6) is 5.75 Å². The molecule has 0 saturated carbocycles. The van der Waals surface area contributed by atoms with Crippen molar-refractivity contribution in [2.24, 2.45) is 0 Å². The molecule has 2 aromatic carbocycles. The summed E-state index contributed by atoms with van der Waals surface area (Å²) in [7, 11) is 1.45. The van der Waals surface area contributed by atoms with E-state index in [2.05, 4.69) is 5.32 Å². The van der Waals surface area contributed by atoms with Crippen LogP contribution in [0.4, 0.5) is 4.39 Å². The van der Waals surface area contributed by atoms with Gasteiger partial charge in [0.05, 0.1) is 5.60 Å². The number of rotatable bonds is 7. The third-order valence-electron chi connectivity index (χ3n) is 5.56. The number of carbonyl (C=O) groups excluding carboxylic acids is 1. The lowest BCUT2D eigenvalue weighted by atomic mass is 9.89. The molecule has 0 aromatic heterocycles. The summed E-state index contributed by atoms with van der Waals surface area (Å²) in [5, 5.41) is 23.7. The topological polar surface area (TPSA) is 97.3 Å². The van der Waals surface area contributed by atoms with Gasteiger partial charge in [0.2, 0.25) is 12.2 Å². The van der Waals surface area contributed by atoms with Crippen LogP contribution < -0.4 is 10.1 Å². The third kappa shape index (κ3) is 5.45. The van der Waals surface area contributed by atoms with Gasteiger partial charge in [-0.25, -0.2) is 4.39 Å². The first-order chi connectivity index (χ1) is 15.1. The lowest BCUT2D eigenvalue weighted by Gasteiger charge is -2.46. The Kier molecular flexibility index (Phi) is 7.51. The van der Waals surface area contributed by atoms with Crippen LogP contribution in [-0.2, 0) is 20.7 Å². The molecule has 1 fully saturated rings. The van der Waals surface area contributed by atoms with Crippen LogP contribution in [0.1, 0.15) is 26.3 Å². The molecule has 0 radical (unpaired) electrons. The van der Waals surface area contributed by atoms with E-state index in [4.69, 9.17) is 14.2 Å². The van der Waals surface area contributed by atoms with Crippen LogP contribution in [0.3, 0.4) is 0 Å². The molecule has 32 heavy (non-hydrogen) atoms. The average Bonchev–Trinajstić information content (AvgIpc) is 2.73. The van der Waals surface area contributed by atoms with Crippen molar-refractivity contribution >= 4 is 5.91 Å². The van der Waals surface area contributed by atoms with Crippen LogP contribution in [0.25, 0.3) is 11.1 Å². The van der Waals surface area contributed by atoms with Crippen molar-refractivity contribution in [1.29, 1.82) is 0 Å². The number of benzene rings is 2. The zero-order chi connectivity index (χ0) is 23.5. The molecule has 1 amide bonds. The highest BCUT2D eigenvalue weighted by atomic mass is 19.1. The summed E-state index contributed by atoms with van der Waals surface area (Å²) >= 11 is 0. The molecule has 1 heterocycles. The smallest absolute Gasteiger partial charge is 0.229 e. The molecule has 0 spiro atoms. The first kappa shape index (κ1) is 24.1. The zero-order valence-electron chi connectivity index (χ0n) is 18.7. The largest absolute Gasteiger partial charge is 0.462 e. The number of aliphatic hydroxyl groups is 2. The molecule has 0 unspecified atom stereocenters. The number of hydrogen-bond donors (Lipinski definition) is 3. The van der Waals surface area contributed by atoms with Gasteiger partial charge < -0.3 is 29.7 Å². The van der Waals surface area contributed by atoms with Crippen molar-refractivity contribution in [2.75, 3.05) is 13.7 Å². The van der Waals surface area contributed by atoms with Gasteiger partial charge in [0.15, 0.2) is 0 Å². The second-order valence-corrected chi connectivity index (χ2v) is 8.40. The zero-order valence-corrected chi connectivity index (χ0v) is 18.7. The molecule has 4 atom stereocenters. The summed E-state index contributed by atoms with van der Waals surface area (Å²) in [6.45, 7) is 5.41. The predicted molar refractivity (Wildman–Crippen MR) is 117 cm³/mol. The van der Waals surface area contributed by atoms with Crippen LogP contribution in [0.2, 0.25) is 0 Å². The van der Waals surface area contributed by atoms with Gasteiger partial charge in [0, 0.05) is 20.6 Å². The number of ether oxygens (including phenoxy) is 3. The summed E-state index contributed by atoms with van der Waals surface area (Å²) in [4.78, 5) is 11.2. The fourth-order valence-corrected chi connectivity index (χ4v) is 3.96. The molecule has 3 N–H and O–H groups in total. The summed E-state index contributed by atoms with van der Waals surface area (Å²) in [6.07, 6.45) is -3.78. The van der Waals surface area contributed by atoms with Crippen molar-refractivity contribution < 1.29 is 33.6 Å². The van der Waals surface area contributed by atoms with E-state index in [-0.39, 0.29) is 11.7 Å². The highest BCUT2D eigenvalue weighted by Gasteiger charge is 2.50. The van der Waals surface area contributed by atoms with Crippen LogP contribution in [0.15, 0.2) is 42.5 Å². The number of amides is 1. The number of aliphatic hydroxyl groups excluding tert-OH is 2. The highest BCUT2D eigenvalue weighted by Crippen LogP contribution is 2.34. The van der Waals surface area contributed by atoms with Gasteiger partial charge in [-0.1, -0.05) is 18.2 Å². The monoisotopic (exact) mass is 447 g/mol. The molecule has 0 bridgehead atoms.